The Morgan fingerprint density at radius 2 is 2.28 bits per heavy atom. The van der Waals surface area contributed by atoms with Crippen LogP contribution in [0.4, 0.5) is 5.00 Å². The number of anilines is 1. The summed E-state index contributed by atoms with van der Waals surface area (Å²) in [6.07, 6.45) is 4.64. The van der Waals surface area contributed by atoms with E-state index >= 15 is 0 Å². The Morgan fingerprint density at radius 3 is 2.89 bits per heavy atom. The number of carboxylic acid groups (broad SMARTS) is 1. The molecule has 1 aromatic heterocycles. The van der Waals surface area contributed by atoms with Crippen LogP contribution >= 0.6 is 11.5 Å². The van der Waals surface area contributed by atoms with Crippen LogP contribution in [0.5, 0.6) is 0 Å². The summed E-state index contributed by atoms with van der Waals surface area (Å²) in [6, 6.07) is 0.367. The first-order valence-electron chi connectivity index (χ1n) is 6.35. The zero-order valence-corrected chi connectivity index (χ0v) is 11.9. The van der Waals surface area contributed by atoms with Crippen molar-refractivity contribution in [2.45, 2.75) is 52.5 Å². The van der Waals surface area contributed by atoms with Crippen molar-refractivity contribution >= 4 is 22.5 Å². The molecule has 2 N–H and O–H groups in total. The number of nitrogens with one attached hydrogen (secondary N) is 1. The highest BCUT2D eigenvalue weighted by molar-refractivity contribution is 7.10. The fourth-order valence-corrected chi connectivity index (χ4v) is 3.59. The lowest BCUT2D eigenvalue weighted by molar-refractivity contribution is 0.0697. The van der Waals surface area contributed by atoms with E-state index in [1.54, 1.807) is 6.92 Å². The number of hydrogen-bond acceptors (Lipinski definition) is 4. The smallest absolute Gasteiger partial charge is 0.340 e. The molecule has 1 atom stereocenters. The summed E-state index contributed by atoms with van der Waals surface area (Å²) in [4.78, 5) is 11.2. The quantitative estimate of drug-likeness (QED) is 0.880. The third-order valence-corrected chi connectivity index (χ3v) is 4.49. The fourth-order valence-electron chi connectivity index (χ4n) is 2.73. The highest BCUT2D eigenvalue weighted by atomic mass is 32.1. The second kappa shape index (κ2) is 4.88. The minimum absolute atomic E-state index is 0.336. The van der Waals surface area contributed by atoms with Gasteiger partial charge in [0.15, 0.2) is 0 Å². The summed E-state index contributed by atoms with van der Waals surface area (Å²) >= 11 is 1.26. The Hall–Kier alpha value is -1.10. The summed E-state index contributed by atoms with van der Waals surface area (Å²) in [7, 11) is 0. The van der Waals surface area contributed by atoms with Crippen LogP contribution in [-0.4, -0.2) is 21.5 Å². The standard InChI is InChI=1S/C13H20N2O2S/c1-8-10(12(16)17)11(18-15-8)14-9-5-4-6-13(2,3)7-9/h9,14H,4-7H2,1-3H3,(H,16,17). The molecule has 100 valence electrons. The third-order valence-electron chi connectivity index (χ3n) is 3.62. The van der Waals surface area contributed by atoms with Gasteiger partial charge in [0.1, 0.15) is 10.6 Å². The molecule has 1 aromatic rings. The maximum absolute atomic E-state index is 11.2. The fraction of sp³-hybridized carbons (Fsp3) is 0.692. The van der Waals surface area contributed by atoms with E-state index in [0.29, 0.717) is 27.7 Å². The predicted octanol–water partition coefficient (Wildman–Crippen LogP) is 3.53. The highest BCUT2D eigenvalue weighted by Crippen LogP contribution is 2.37. The predicted molar refractivity (Wildman–Crippen MR) is 73.5 cm³/mol. The number of nitrogens with zero attached hydrogens (tertiary/aromatic N) is 1. The van der Waals surface area contributed by atoms with E-state index in [0.717, 1.165) is 12.8 Å². The van der Waals surface area contributed by atoms with Gasteiger partial charge in [-0.1, -0.05) is 20.3 Å². The first-order chi connectivity index (χ1) is 8.39. The lowest BCUT2D eigenvalue weighted by Gasteiger charge is -2.35. The first-order valence-corrected chi connectivity index (χ1v) is 7.12. The van der Waals surface area contributed by atoms with E-state index in [9.17, 15) is 9.90 Å². The molecule has 5 heteroatoms. The normalized spacial score (nSPS) is 22.7. The Bertz CT molecular complexity index is 454. The molecule has 0 bridgehead atoms. The lowest BCUT2D eigenvalue weighted by Crippen LogP contribution is -2.31. The number of aromatic nitrogens is 1. The van der Waals surface area contributed by atoms with Gasteiger partial charge in [-0.3, -0.25) is 0 Å². The molecule has 1 fully saturated rings. The maximum atomic E-state index is 11.2. The number of aryl methyl sites for hydroxylation is 1. The zero-order valence-electron chi connectivity index (χ0n) is 11.1. The van der Waals surface area contributed by atoms with Gasteiger partial charge in [-0.05, 0) is 43.1 Å². The molecule has 2 rings (SSSR count). The number of carboxylic acids is 1. The summed E-state index contributed by atoms with van der Waals surface area (Å²) in [5.41, 5.74) is 1.28. The summed E-state index contributed by atoms with van der Waals surface area (Å²) in [5, 5.41) is 13.3. The van der Waals surface area contributed by atoms with Gasteiger partial charge < -0.3 is 10.4 Å². The van der Waals surface area contributed by atoms with Gasteiger partial charge in [0.25, 0.3) is 0 Å². The van der Waals surface area contributed by atoms with Crippen molar-refractivity contribution in [3.05, 3.63) is 11.3 Å². The molecule has 0 aromatic carbocycles. The van der Waals surface area contributed by atoms with Crippen LogP contribution in [0, 0.1) is 12.3 Å². The molecule has 0 radical (unpaired) electrons. The molecule has 4 nitrogen and oxygen atoms in total. The van der Waals surface area contributed by atoms with Crippen molar-refractivity contribution in [2.75, 3.05) is 5.32 Å². The Labute approximate surface area is 112 Å². The monoisotopic (exact) mass is 268 g/mol. The Balaban J connectivity index is 2.12. The van der Waals surface area contributed by atoms with Crippen molar-refractivity contribution in [3.63, 3.8) is 0 Å². The number of carbonyl (C=O) groups is 1. The SMILES string of the molecule is Cc1nsc(NC2CCCC(C)(C)C2)c1C(=O)O. The van der Waals surface area contributed by atoms with Gasteiger partial charge >= 0.3 is 5.97 Å². The van der Waals surface area contributed by atoms with Gasteiger partial charge in [-0.2, -0.15) is 4.37 Å². The first kappa shape index (κ1) is 13.3. The van der Waals surface area contributed by atoms with Crippen LogP contribution in [0.1, 0.15) is 55.6 Å². The van der Waals surface area contributed by atoms with Crippen molar-refractivity contribution < 1.29 is 9.90 Å². The van der Waals surface area contributed by atoms with Crippen molar-refractivity contribution in [1.29, 1.82) is 0 Å². The molecular weight excluding hydrogens is 248 g/mol. The van der Waals surface area contributed by atoms with E-state index in [4.69, 9.17) is 0 Å². The molecule has 18 heavy (non-hydrogen) atoms. The minimum Gasteiger partial charge on any atom is -0.478 e. The van der Waals surface area contributed by atoms with Crippen molar-refractivity contribution in [3.8, 4) is 0 Å². The van der Waals surface area contributed by atoms with Gasteiger partial charge in [0, 0.05) is 6.04 Å². The van der Waals surface area contributed by atoms with Crippen LogP contribution in [0.2, 0.25) is 0 Å². The molecule has 1 unspecified atom stereocenters. The van der Waals surface area contributed by atoms with Crippen LogP contribution in [-0.2, 0) is 0 Å². The number of rotatable bonds is 3. The molecule has 0 spiro atoms. The van der Waals surface area contributed by atoms with Crippen LogP contribution in [0.15, 0.2) is 0 Å². The second-order valence-corrected chi connectivity index (χ2v) is 6.65. The van der Waals surface area contributed by atoms with Gasteiger partial charge in [0.05, 0.1) is 5.69 Å². The molecule has 0 amide bonds. The van der Waals surface area contributed by atoms with E-state index in [1.807, 2.05) is 0 Å². The van der Waals surface area contributed by atoms with E-state index < -0.39 is 5.97 Å². The molecule has 1 heterocycles. The van der Waals surface area contributed by atoms with Gasteiger partial charge in [0.2, 0.25) is 0 Å². The van der Waals surface area contributed by atoms with Gasteiger partial charge in [-0.15, -0.1) is 0 Å². The van der Waals surface area contributed by atoms with E-state index in [2.05, 4.69) is 23.5 Å². The van der Waals surface area contributed by atoms with E-state index in [-0.39, 0.29) is 0 Å². The number of hydrogen-bond donors (Lipinski definition) is 2. The zero-order chi connectivity index (χ0) is 13.3. The molecule has 1 aliphatic carbocycles. The largest absolute Gasteiger partial charge is 0.478 e. The summed E-state index contributed by atoms with van der Waals surface area (Å²) < 4.78 is 4.14. The second-order valence-electron chi connectivity index (χ2n) is 5.88. The number of aromatic carboxylic acids is 1. The molecule has 0 saturated heterocycles. The van der Waals surface area contributed by atoms with Crippen molar-refractivity contribution in [2.24, 2.45) is 5.41 Å². The Morgan fingerprint density at radius 1 is 1.56 bits per heavy atom. The van der Waals surface area contributed by atoms with Crippen LogP contribution in [0.25, 0.3) is 0 Å². The third kappa shape index (κ3) is 2.83. The topological polar surface area (TPSA) is 62.2 Å². The van der Waals surface area contributed by atoms with Crippen LogP contribution < -0.4 is 5.32 Å². The molecular formula is C13H20N2O2S. The summed E-state index contributed by atoms with van der Waals surface area (Å²) in [6.45, 7) is 6.30. The van der Waals surface area contributed by atoms with Crippen molar-refractivity contribution in [1.82, 2.24) is 4.37 Å². The minimum atomic E-state index is -0.890. The lowest BCUT2D eigenvalue weighted by atomic mass is 9.75. The average molecular weight is 268 g/mol. The molecule has 1 aliphatic rings. The molecule has 0 aliphatic heterocycles. The molecule has 1 saturated carbocycles. The maximum Gasteiger partial charge on any atom is 0.340 e. The van der Waals surface area contributed by atoms with Gasteiger partial charge in [-0.25, -0.2) is 4.79 Å². The Kier molecular flexibility index (Phi) is 3.61. The summed E-state index contributed by atoms with van der Waals surface area (Å²) in [5.74, 6) is -0.890. The average Bonchev–Trinajstić information content (AvgIpc) is 2.58. The van der Waals surface area contributed by atoms with Crippen LogP contribution in [0.3, 0.4) is 0 Å². The van der Waals surface area contributed by atoms with E-state index in [1.165, 1.54) is 24.4 Å². The highest BCUT2D eigenvalue weighted by Gasteiger charge is 2.29.